The van der Waals surface area contributed by atoms with Crippen LogP contribution in [0.3, 0.4) is 0 Å². The molecular formula is C21H26N4O6S2. The molecule has 3 heterocycles. The Labute approximate surface area is 198 Å². The van der Waals surface area contributed by atoms with Gasteiger partial charge in [-0.25, -0.2) is 4.79 Å². The number of carbonyl (C=O) groups excluding carboxylic acids is 2. The number of aromatic nitrogens is 1. The number of hydrogen-bond donors (Lipinski definition) is 5. The molecule has 2 bridgehead atoms. The monoisotopic (exact) mass is 494 g/mol. The molecule has 0 aliphatic carbocycles. The van der Waals surface area contributed by atoms with Gasteiger partial charge in [0.1, 0.15) is 18.1 Å². The molecule has 2 amide bonds. The summed E-state index contributed by atoms with van der Waals surface area (Å²) in [5.74, 6) is -3.29. The summed E-state index contributed by atoms with van der Waals surface area (Å²) in [6.45, 7) is 0.609. The second kappa shape index (κ2) is 11.3. The van der Waals surface area contributed by atoms with Crippen LogP contribution in [0.1, 0.15) is 25.7 Å². The molecule has 0 saturated carbocycles. The lowest BCUT2D eigenvalue weighted by Crippen LogP contribution is -2.52. The van der Waals surface area contributed by atoms with Gasteiger partial charge in [-0.2, -0.15) is 0 Å². The zero-order valence-corrected chi connectivity index (χ0v) is 19.4. The van der Waals surface area contributed by atoms with Crippen molar-refractivity contribution >= 4 is 46.9 Å². The Bertz CT molecular complexity index is 1010. The molecule has 0 spiro atoms. The van der Waals surface area contributed by atoms with Crippen LogP contribution >= 0.6 is 23.1 Å². The van der Waals surface area contributed by atoms with Crippen LogP contribution in [0.25, 0.3) is 10.6 Å². The maximum Gasteiger partial charge on any atom is 0.326 e. The van der Waals surface area contributed by atoms with E-state index in [0.29, 0.717) is 13.0 Å². The molecule has 6 N–H and O–H groups in total. The minimum atomic E-state index is -1.21. The number of carbonyl (C=O) groups is 4. The predicted octanol–water partition coefficient (Wildman–Crippen LogP) is 1.35. The lowest BCUT2D eigenvalue weighted by molar-refractivity contribution is -0.142. The number of aliphatic carboxylic acids is 2. The quantitative estimate of drug-likeness (QED) is 0.385. The topological polar surface area (TPSA) is 164 Å². The van der Waals surface area contributed by atoms with E-state index in [9.17, 15) is 24.3 Å². The smallest absolute Gasteiger partial charge is 0.326 e. The number of aryl methyl sites for hydroxylation is 1. The van der Waals surface area contributed by atoms with Crippen molar-refractivity contribution in [1.82, 2.24) is 15.2 Å². The van der Waals surface area contributed by atoms with Gasteiger partial charge in [0.15, 0.2) is 0 Å². The number of carboxylic acids is 2. The fourth-order valence-corrected chi connectivity index (χ4v) is 5.16. The van der Waals surface area contributed by atoms with Crippen molar-refractivity contribution in [3.63, 3.8) is 0 Å². The molecule has 0 aromatic carbocycles. The Morgan fingerprint density at radius 3 is 2.79 bits per heavy atom. The van der Waals surface area contributed by atoms with E-state index < -0.39 is 41.9 Å². The summed E-state index contributed by atoms with van der Waals surface area (Å²) in [5, 5.41) is 25.5. The fraction of sp³-hybridized carbons (Fsp3) is 0.429. The highest BCUT2D eigenvalue weighted by Gasteiger charge is 2.28. The number of fused-ring (bicyclic) bond motifs is 2. The summed E-state index contributed by atoms with van der Waals surface area (Å²) in [7, 11) is 0. The predicted molar refractivity (Wildman–Crippen MR) is 124 cm³/mol. The second-order valence-corrected chi connectivity index (χ2v) is 9.73. The highest BCUT2D eigenvalue weighted by Crippen LogP contribution is 2.32. The SMILES string of the molecule is NC(CCC(=O)NC1CSc2cc(-c3cccs3)n(c2)CCCC(C(=O)O)NC1=O)C(=O)O. The highest BCUT2D eigenvalue weighted by atomic mass is 32.2. The van der Waals surface area contributed by atoms with Crippen molar-refractivity contribution in [2.24, 2.45) is 5.73 Å². The van der Waals surface area contributed by atoms with Crippen LogP contribution in [-0.4, -0.2) is 62.4 Å². The molecule has 2 aromatic rings. The third-order valence-corrected chi connectivity index (χ3v) is 7.17. The molecule has 0 radical (unpaired) electrons. The Balaban J connectivity index is 1.78. The lowest BCUT2D eigenvalue weighted by atomic mass is 10.1. The fourth-order valence-electron chi connectivity index (χ4n) is 3.41. The number of nitrogens with one attached hydrogen (secondary N) is 2. The van der Waals surface area contributed by atoms with E-state index in [1.807, 2.05) is 29.8 Å². The van der Waals surface area contributed by atoms with E-state index in [1.54, 1.807) is 11.3 Å². The number of amides is 2. The number of nitrogens with zero attached hydrogens (tertiary/aromatic N) is 1. The maximum absolute atomic E-state index is 12.8. The first kappa shape index (κ1) is 24.8. The molecule has 3 unspecified atom stereocenters. The standard InChI is InChI=1S/C21H26N4O6S2/c22-13(20(28)29)5-6-18(26)23-15-11-33-12-9-16(17-4-2-8-32-17)25(10-12)7-1-3-14(21(30)31)24-19(15)27/h2,4,8-10,13-15H,1,3,5-7,11,22H2,(H,23,26)(H,24,27)(H,28,29)(H,30,31). The first-order chi connectivity index (χ1) is 15.7. The molecule has 178 valence electrons. The van der Waals surface area contributed by atoms with Crippen molar-refractivity contribution in [2.45, 2.75) is 55.2 Å². The van der Waals surface area contributed by atoms with Crippen LogP contribution < -0.4 is 16.4 Å². The summed E-state index contributed by atoms with van der Waals surface area (Å²) in [5.41, 5.74) is 6.46. The first-order valence-electron chi connectivity index (χ1n) is 10.4. The summed E-state index contributed by atoms with van der Waals surface area (Å²) >= 11 is 2.98. The molecule has 12 heteroatoms. The summed E-state index contributed by atoms with van der Waals surface area (Å²) < 4.78 is 2.08. The van der Waals surface area contributed by atoms with E-state index in [2.05, 4.69) is 15.2 Å². The van der Waals surface area contributed by atoms with Crippen molar-refractivity contribution in [2.75, 3.05) is 5.75 Å². The molecule has 0 fully saturated rings. The van der Waals surface area contributed by atoms with Gasteiger partial charge in [-0.1, -0.05) is 6.07 Å². The average Bonchev–Trinajstić information content (AvgIpc) is 3.42. The lowest BCUT2D eigenvalue weighted by Gasteiger charge is -2.22. The van der Waals surface area contributed by atoms with E-state index >= 15 is 0 Å². The Kier molecular flexibility index (Phi) is 8.53. The normalized spacial score (nSPS) is 20.1. The average molecular weight is 495 g/mol. The van der Waals surface area contributed by atoms with E-state index in [4.69, 9.17) is 10.8 Å². The molecule has 33 heavy (non-hydrogen) atoms. The number of rotatable bonds is 7. The summed E-state index contributed by atoms with van der Waals surface area (Å²) in [6.07, 6.45) is 2.51. The van der Waals surface area contributed by atoms with Crippen molar-refractivity contribution in [1.29, 1.82) is 0 Å². The second-order valence-electron chi connectivity index (χ2n) is 7.69. The van der Waals surface area contributed by atoms with Crippen molar-refractivity contribution < 1.29 is 29.4 Å². The van der Waals surface area contributed by atoms with Gasteiger partial charge in [-0.15, -0.1) is 23.1 Å². The van der Waals surface area contributed by atoms with Gasteiger partial charge >= 0.3 is 11.9 Å². The van der Waals surface area contributed by atoms with Gasteiger partial charge in [0.2, 0.25) is 11.8 Å². The maximum atomic E-state index is 12.8. The molecule has 2 aromatic heterocycles. The first-order valence-corrected chi connectivity index (χ1v) is 12.3. The van der Waals surface area contributed by atoms with Crippen LogP contribution in [0.15, 0.2) is 34.7 Å². The van der Waals surface area contributed by atoms with E-state index in [1.165, 1.54) is 11.8 Å². The summed E-state index contributed by atoms with van der Waals surface area (Å²) in [4.78, 5) is 49.7. The van der Waals surface area contributed by atoms with Crippen LogP contribution in [0, 0.1) is 0 Å². The van der Waals surface area contributed by atoms with Gasteiger partial charge in [-0.05, 0) is 36.8 Å². The molecule has 1 aliphatic rings. The zero-order valence-electron chi connectivity index (χ0n) is 17.7. The van der Waals surface area contributed by atoms with E-state index in [0.717, 1.165) is 15.5 Å². The minimum absolute atomic E-state index is 0.0760. The van der Waals surface area contributed by atoms with Crippen LogP contribution in [0.2, 0.25) is 0 Å². The van der Waals surface area contributed by atoms with Crippen LogP contribution in [0.5, 0.6) is 0 Å². The number of carboxylic acid groups (broad SMARTS) is 2. The Morgan fingerprint density at radius 2 is 2.12 bits per heavy atom. The number of nitrogens with two attached hydrogens (primary N) is 1. The number of thioether (sulfide) groups is 1. The van der Waals surface area contributed by atoms with Crippen LogP contribution in [0.4, 0.5) is 0 Å². The molecule has 3 rings (SSSR count). The zero-order chi connectivity index (χ0) is 24.0. The van der Waals surface area contributed by atoms with Crippen LogP contribution in [-0.2, 0) is 25.7 Å². The van der Waals surface area contributed by atoms with Gasteiger partial charge in [0, 0.05) is 29.8 Å². The van der Waals surface area contributed by atoms with Gasteiger partial charge in [0.25, 0.3) is 0 Å². The molecular weight excluding hydrogens is 468 g/mol. The minimum Gasteiger partial charge on any atom is -0.480 e. The molecule has 3 atom stereocenters. The van der Waals surface area contributed by atoms with Gasteiger partial charge in [0.05, 0.1) is 10.6 Å². The number of thiophene rings is 1. The van der Waals surface area contributed by atoms with E-state index in [-0.39, 0.29) is 25.0 Å². The molecule has 1 aliphatic heterocycles. The molecule has 10 nitrogen and oxygen atoms in total. The Hall–Kier alpha value is -2.83. The van der Waals surface area contributed by atoms with Crippen molar-refractivity contribution in [3.8, 4) is 10.6 Å². The summed E-state index contributed by atoms with van der Waals surface area (Å²) in [6, 6.07) is 2.75. The highest BCUT2D eigenvalue weighted by molar-refractivity contribution is 7.99. The van der Waals surface area contributed by atoms with Crippen molar-refractivity contribution in [3.05, 3.63) is 29.8 Å². The number of hydrogen-bond acceptors (Lipinski definition) is 7. The third kappa shape index (κ3) is 6.83. The Morgan fingerprint density at radius 1 is 1.33 bits per heavy atom. The van der Waals surface area contributed by atoms with Gasteiger partial charge in [-0.3, -0.25) is 14.4 Å². The van der Waals surface area contributed by atoms with Gasteiger partial charge < -0.3 is 31.1 Å². The molecule has 0 saturated heterocycles. The third-order valence-electron chi connectivity index (χ3n) is 5.22. The largest absolute Gasteiger partial charge is 0.480 e.